The Morgan fingerprint density at radius 2 is 2.00 bits per heavy atom. The van der Waals surface area contributed by atoms with Crippen molar-refractivity contribution in [2.45, 2.75) is 40.8 Å². The first-order valence-corrected chi connectivity index (χ1v) is 9.09. The number of hydrogen-bond donors (Lipinski definition) is 0. The van der Waals surface area contributed by atoms with E-state index in [4.69, 9.17) is 0 Å². The van der Waals surface area contributed by atoms with E-state index in [1.54, 1.807) is 22.4 Å². The topological polar surface area (TPSA) is 60.1 Å². The Bertz CT molecular complexity index is 962. The molecule has 0 aliphatic heterocycles. The second kappa shape index (κ2) is 6.39. The fourth-order valence-electron chi connectivity index (χ4n) is 3.17. The van der Waals surface area contributed by atoms with Crippen LogP contribution in [-0.4, -0.2) is 38.2 Å². The van der Waals surface area contributed by atoms with E-state index < -0.39 is 0 Å². The van der Waals surface area contributed by atoms with E-state index in [2.05, 4.69) is 18.1 Å². The van der Waals surface area contributed by atoms with Crippen LogP contribution < -0.4 is 5.56 Å². The van der Waals surface area contributed by atoms with Gasteiger partial charge in [-0.05, 0) is 33.8 Å². The molecule has 0 radical (unpaired) electrons. The van der Waals surface area contributed by atoms with Gasteiger partial charge in [0.2, 0.25) is 5.91 Å². The van der Waals surface area contributed by atoms with Crippen LogP contribution in [0.1, 0.15) is 25.6 Å². The van der Waals surface area contributed by atoms with E-state index in [1.165, 1.54) is 9.56 Å². The molecule has 128 valence electrons. The van der Waals surface area contributed by atoms with Gasteiger partial charge in [0.25, 0.3) is 5.56 Å². The molecule has 0 saturated heterocycles. The lowest BCUT2D eigenvalue weighted by molar-refractivity contribution is -0.131. The third-order valence-corrected chi connectivity index (χ3v) is 5.45. The van der Waals surface area contributed by atoms with E-state index in [0.717, 1.165) is 15.6 Å². The molecule has 0 fully saturated rings. The fourth-order valence-corrected chi connectivity index (χ4v) is 4.19. The number of fused-ring (bicyclic) bond motifs is 3. The molecule has 0 aromatic carbocycles. The van der Waals surface area contributed by atoms with Gasteiger partial charge in [0.1, 0.15) is 12.1 Å². The van der Waals surface area contributed by atoms with Crippen LogP contribution in [0.2, 0.25) is 0 Å². The van der Waals surface area contributed by atoms with Gasteiger partial charge in [0.15, 0.2) is 0 Å². The fraction of sp³-hybridized carbons (Fsp3) is 0.471. The molecule has 7 heteroatoms. The van der Waals surface area contributed by atoms with Crippen LogP contribution in [0.15, 0.2) is 17.1 Å². The molecule has 6 nitrogen and oxygen atoms in total. The van der Waals surface area contributed by atoms with Crippen molar-refractivity contribution in [3.8, 4) is 0 Å². The van der Waals surface area contributed by atoms with Crippen molar-refractivity contribution in [1.82, 2.24) is 19.2 Å². The van der Waals surface area contributed by atoms with Gasteiger partial charge in [-0.2, -0.15) is 5.10 Å². The predicted octanol–water partition coefficient (Wildman–Crippen LogP) is 2.61. The maximum atomic E-state index is 12.9. The summed E-state index contributed by atoms with van der Waals surface area (Å²) in [7, 11) is 0. The maximum absolute atomic E-state index is 12.9. The molecule has 24 heavy (non-hydrogen) atoms. The third-order valence-electron chi connectivity index (χ3n) is 4.38. The molecular formula is C17H22N4O2S. The second-order valence-corrected chi connectivity index (χ2v) is 7.01. The van der Waals surface area contributed by atoms with Crippen LogP contribution in [0.25, 0.3) is 21.1 Å². The first-order chi connectivity index (χ1) is 11.5. The minimum Gasteiger partial charge on any atom is -0.342 e. The zero-order valence-electron chi connectivity index (χ0n) is 14.5. The maximum Gasteiger partial charge on any atom is 0.291 e. The van der Waals surface area contributed by atoms with Crippen molar-refractivity contribution in [2.75, 3.05) is 13.1 Å². The first-order valence-electron chi connectivity index (χ1n) is 8.27. The number of carbonyl (C=O) groups excluding carboxylic acids is 1. The SMILES string of the molecule is CCN(CC)C(=O)Cn1ncc2c3sc(C)cc3n(CC)c2c1=O. The van der Waals surface area contributed by atoms with Crippen LogP contribution in [0.4, 0.5) is 0 Å². The van der Waals surface area contributed by atoms with Crippen molar-refractivity contribution in [1.29, 1.82) is 0 Å². The molecule has 0 atom stereocenters. The van der Waals surface area contributed by atoms with Gasteiger partial charge in [-0.15, -0.1) is 11.3 Å². The summed E-state index contributed by atoms with van der Waals surface area (Å²) in [5.41, 5.74) is 1.51. The molecule has 3 aromatic heterocycles. The number of rotatable bonds is 5. The predicted molar refractivity (Wildman–Crippen MR) is 97.7 cm³/mol. The number of carbonyl (C=O) groups is 1. The molecule has 0 bridgehead atoms. The van der Waals surface area contributed by atoms with Gasteiger partial charge >= 0.3 is 0 Å². The van der Waals surface area contributed by atoms with E-state index in [-0.39, 0.29) is 18.0 Å². The molecule has 0 N–H and O–H groups in total. The number of hydrogen-bond acceptors (Lipinski definition) is 4. The Hall–Kier alpha value is -2.15. The van der Waals surface area contributed by atoms with Crippen molar-refractivity contribution in [3.05, 3.63) is 27.5 Å². The van der Waals surface area contributed by atoms with Gasteiger partial charge in [-0.3, -0.25) is 9.59 Å². The summed E-state index contributed by atoms with van der Waals surface area (Å²) < 4.78 is 4.40. The van der Waals surface area contributed by atoms with E-state index in [9.17, 15) is 9.59 Å². The zero-order valence-corrected chi connectivity index (χ0v) is 15.3. The molecule has 0 aliphatic carbocycles. The first kappa shape index (κ1) is 16.7. The van der Waals surface area contributed by atoms with Gasteiger partial charge in [0.05, 0.1) is 16.4 Å². The number of nitrogens with zero attached hydrogens (tertiary/aromatic N) is 4. The van der Waals surface area contributed by atoms with Crippen molar-refractivity contribution in [3.63, 3.8) is 0 Å². The molecule has 0 aliphatic rings. The summed E-state index contributed by atoms with van der Waals surface area (Å²) in [6, 6.07) is 2.11. The van der Waals surface area contributed by atoms with Crippen molar-refractivity contribution >= 4 is 38.4 Å². The highest BCUT2D eigenvalue weighted by molar-refractivity contribution is 7.20. The Balaban J connectivity index is 2.14. The van der Waals surface area contributed by atoms with E-state index >= 15 is 0 Å². The van der Waals surface area contributed by atoms with Crippen molar-refractivity contribution in [2.24, 2.45) is 0 Å². The average Bonchev–Trinajstić information content (AvgIpc) is 3.06. The Labute approximate surface area is 144 Å². The molecule has 0 spiro atoms. The summed E-state index contributed by atoms with van der Waals surface area (Å²) in [5, 5.41) is 5.13. The Morgan fingerprint density at radius 1 is 1.29 bits per heavy atom. The van der Waals surface area contributed by atoms with E-state index in [1.807, 2.05) is 25.3 Å². The highest BCUT2D eigenvalue weighted by Crippen LogP contribution is 2.33. The highest BCUT2D eigenvalue weighted by atomic mass is 32.1. The summed E-state index contributed by atoms with van der Waals surface area (Å²) in [4.78, 5) is 28.1. The van der Waals surface area contributed by atoms with Gasteiger partial charge in [-0.25, -0.2) is 4.68 Å². The van der Waals surface area contributed by atoms with Gasteiger partial charge in [0, 0.05) is 29.9 Å². The Morgan fingerprint density at radius 3 is 2.62 bits per heavy atom. The average molecular weight is 346 g/mol. The lowest BCUT2D eigenvalue weighted by Gasteiger charge is -2.18. The molecule has 3 rings (SSSR count). The monoisotopic (exact) mass is 346 g/mol. The number of thiophene rings is 1. The minimum atomic E-state index is -0.198. The summed E-state index contributed by atoms with van der Waals surface area (Å²) >= 11 is 1.67. The van der Waals surface area contributed by atoms with Crippen LogP contribution >= 0.6 is 11.3 Å². The molecule has 1 amide bonds. The minimum absolute atomic E-state index is 0.0158. The number of aryl methyl sites for hydroxylation is 2. The summed E-state index contributed by atoms with van der Waals surface area (Å²) in [5.74, 6) is -0.0822. The lowest BCUT2D eigenvalue weighted by atomic mass is 10.3. The molecule has 3 heterocycles. The number of amides is 1. The molecule has 0 unspecified atom stereocenters. The van der Waals surface area contributed by atoms with Gasteiger partial charge < -0.3 is 9.47 Å². The van der Waals surface area contributed by atoms with Crippen LogP contribution in [-0.2, 0) is 17.9 Å². The smallest absolute Gasteiger partial charge is 0.291 e. The highest BCUT2D eigenvalue weighted by Gasteiger charge is 2.19. The largest absolute Gasteiger partial charge is 0.342 e. The lowest BCUT2D eigenvalue weighted by Crippen LogP contribution is -2.37. The summed E-state index contributed by atoms with van der Waals surface area (Å²) in [6.07, 6.45) is 1.72. The second-order valence-electron chi connectivity index (χ2n) is 5.75. The standard InChI is InChI=1S/C17H22N4O2S/c1-5-19(6-2)14(22)10-21-17(23)15-12(9-18-21)16-13(20(15)7-3)8-11(4)24-16/h8-9H,5-7,10H2,1-4H3. The summed E-state index contributed by atoms with van der Waals surface area (Å²) in [6.45, 7) is 9.90. The zero-order chi connectivity index (χ0) is 17.4. The quantitative estimate of drug-likeness (QED) is 0.713. The Kier molecular flexibility index (Phi) is 4.45. The normalized spacial score (nSPS) is 11.5. The van der Waals surface area contributed by atoms with E-state index in [0.29, 0.717) is 25.2 Å². The number of aromatic nitrogens is 3. The molecular weight excluding hydrogens is 324 g/mol. The molecule has 3 aromatic rings. The van der Waals surface area contributed by atoms with Gasteiger partial charge in [-0.1, -0.05) is 0 Å². The van der Waals surface area contributed by atoms with Crippen molar-refractivity contribution < 1.29 is 4.79 Å². The number of likely N-dealkylation sites (N-methyl/N-ethyl adjacent to an activating group) is 1. The van der Waals surface area contributed by atoms with Crippen LogP contribution in [0.5, 0.6) is 0 Å². The van der Waals surface area contributed by atoms with Crippen LogP contribution in [0.3, 0.4) is 0 Å². The third kappa shape index (κ3) is 2.53. The molecule has 0 saturated carbocycles. The van der Waals surface area contributed by atoms with Crippen LogP contribution in [0, 0.1) is 6.92 Å².